The number of anilines is 2. The van der Waals surface area contributed by atoms with E-state index in [2.05, 4.69) is 17.2 Å². The molecule has 1 aromatic carbocycles. The van der Waals surface area contributed by atoms with Crippen LogP contribution in [0.5, 0.6) is 5.75 Å². The van der Waals surface area contributed by atoms with Crippen molar-refractivity contribution in [1.29, 1.82) is 0 Å². The summed E-state index contributed by atoms with van der Waals surface area (Å²) in [5.41, 5.74) is 1.51. The Kier molecular flexibility index (Phi) is 6.10. The van der Waals surface area contributed by atoms with E-state index < -0.39 is 0 Å². The van der Waals surface area contributed by atoms with Crippen LogP contribution < -0.4 is 10.1 Å². The first-order chi connectivity index (χ1) is 12.7. The van der Waals surface area contributed by atoms with E-state index in [9.17, 15) is 4.79 Å². The maximum absolute atomic E-state index is 12.8. The molecule has 26 heavy (non-hydrogen) atoms. The van der Waals surface area contributed by atoms with Crippen LogP contribution in [0.25, 0.3) is 0 Å². The monoisotopic (exact) mass is 353 g/mol. The quantitative estimate of drug-likeness (QED) is 0.823. The van der Waals surface area contributed by atoms with Gasteiger partial charge >= 0.3 is 0 Å². The van der Waals surface area contributed by atoms with Gasteiger partial charge in [-0.25, -0.2) is 4.98 Å². The van der Waals surface area contributed by atoms with E-state index in [1.54, 1.807) is 6.20 Å². The van der Waals surface area contributed by atoms with E-state index in [0.717, 1.165) is 37.2 Å². The van der Waals surface area contributed by atoms with Gasteiger partial charge in [0.25, 0.3) is 5.91 Å². The Bertz CT molecular complexity index is 730. The highest BCUT2D eigenvalue weighted by molar-refractivity contribution is 5.94. The van der Waals surface area contributed by atoms with Gasteiger partial charge in [-0.3, -0.25) is 4.79 Å². The molecule has 1 fully saturated rings. The zero-order chi connectivity index (χ0) is 18.4. The van der Waals surface area contributed by atoms with Crippen LogP contribution in [0.15, 0.2) is 42.6 Å². The summed E-state index contributed by atoms with van der Waals surface area (Å²) >= 11 is 0. The number of carbonyl (C=O) groups is 1. The highest BCUT2D eigenvalue weighted by Crippen LogP contribution is 2.27. The first-order valence-electron chi connectivity index (χ1n) is 9.48. The molecule has 1 N–H and O–H groups in total. The van der Waals surface area contributed by atoms with Crippen molar-refractivity contribution in [1.82, 2.24) is 9.88 Å². The molecule has 3 rings (SSSR count). The number of amides is 1. The Balaban J connectivity index is 1.71. The Hall–Kier alpha value is -2.56. The number of likely N-dealkylation sites (tertiary alicyclic amines) is 1. The van der Waals surface area contributed by atoms with Crippen molar-refractivity contribution >= 4 is 17.4 Å². The van der Waals surface area contributed by atoms with Gasteiger partial charge in [0.1, 0.15) is 11.6 Å². The van der Waals surface area contributed by atoms with Crippen molar-refractivity contribution < 1.29 is 9.53 Å². The van der Waals surface area contributed by atoms with Gasteiger partial charge < -0.3 is 15.0 Å². The molecule has 2 heterocycles. The molecular formula is C21H27N3O2. The number of nitrogens with one attached hydrogen (secondary N) is 1. The molecule has 0 bridgehead atoms. The second-order valence-electron chi connectivity index (χ2n) is 6.54. The summed E-state index contributed by atoms with van der Waals surface area (Å²) in [5, 5.41) is 3.26. The smallest absolute Gasteiger partial charge is 0.255 e. The topological polar surface area (TPSA) is 54.5 Å². The molecule has 5 nitrogen and oxygen atoms in total. The fraction of sp³-hybridized carbons (Fsp3) is 0.429. The predicted octanol–water partition coefficient (Wildman–Crippen LogP) is 4.63. The predicted molar refractivity (Wildman–Crippen MR) is 104 cm³/mol. The lowest BCUT2D eigenvalue weighted by Gasteiger charge is -2.35. The van der Waals surface area contributed by atoms with Crippen LogP contribution in [0.3, 0.4) is 0 Å². The molecule has 1 amide bonds. The summed E-state index contributed by atoms with van der Waals surface area (Å²) in [4.78, 5) is 19.3. The largest absolute Gasteiger partial charge is 0.492 e. The van der Waals surface area contributed by atoms with Crippen LogP contribution in [0, 0.1) is 0 Å². The molecule has 2 aromatic rings. The van der Waals surface area contributed by atoms with E-state index in [1.807, 2.05) is 48.2 Å². The summed E-state index contributed by atoms with van der Waals surface area (Å²) in [6.07, 6.45) is 6.07. The number of carbonyl (C=O) groups excluding carboxylic acids is 1. The van der Waals surface area contributed by atoms with Crippen LogP contribution in [0.2, 0.25) is 0 Å². The van der Waals surface area contributed by atoms with E-state index in [-0.39, 0.29) is 5.91 Å². The minimum Gasteiger partial charge on any atom is -0.492 e. The first kappa shape index (κ1) is 18.2. The summed E-state index contributed by atoms with van der Waals surface area (Å²) in [6, 6.07) is 11.8. The van der Waals surface area contributed by atoms with E-state index >= 15 is 0 Å². The van der Waals surface area contributed by atoms with Crippen molar-refractivity contribution in [2.24, 2.45) is 0 Å². The molecule has 1 aliphatic rings. The molecule has 1 aromatic heterocycles. The maximum atomic E-state index is 12.8. The number of hydrogen-bond donors (Lipinski definition) is 1. The number of piperidine rings is 1. The third kappa shape index (κ3) is 4.15. The summed E-state index contributed by atoms with van der Waals surface area (Å²) in [6.45, 7) is 5.56. The highest BCUT2D eigenvalue weighted by Gasteiger charge is 2.26. The molecule has 5 heteroatoms. The first-order valence-corrected chi connectivity index (χ1v) is 9.48. The minimum atomic E-state index is 0.0883. The molecule has 0 aliphatic carbocycles. The lowest BCUT2D eigenvalue weighted by molar-refractivity contribution is 0.0607. The van der Waals surface area contributed by atoms with Crippen LogP contribution in [0.1, 0.15) is 49.9 Å². The third-order valence-electron chi connectivity index (χ3n) is 4.82. The second-order valence-corrected chi connectivity index (χ2v) is 6.54. The Morgan fingerprint density at radius 3 is 2.81 bits per heavy atom. The lowest BCUT2D eigenvalue weighted by atomic mass is 9.99. The zero-order valence-electron chi connectivity index (χ0n) is 15.6. The summed E-state index contributed by atoms with van der Waals surface area (Å²) < 4.78 is 5.62. The van der Waals surface area contributed by atoms with Crippen molar-refractivity contribution in [3.63, 3.8) is 0 Å². The Morgan fingerprint density at radius 1 is 1.23 bits per heavy atom. The van der Waals surface area contributed by atoms with E-state index in [0.29, 0.717) is 24.0 Å². The SMILES string of the molecule is CCOc1ccccc1Nc1ccc(C(=O)N2CCCCC2CC)cn1. The third-order valence-corrected chi connectivity index (χ3v) is 4.82. The van der Waals surface area contributed by atoms with Crippen molar-refractivity contribution in [2.75, 3.05) is 18.5 Å². The van der Waals surface area contributed by atoms with Gasteiger partial charge in [-0.2, -0.15) is 0 Å². The molecule has 138 valence electrons. The van der Waals surface area contributed by atoms with Gasteiger partial charge in [-0.1, -0.05) is 19.1 Å². The molecule has 1 aliphatic heterocycles. The molecule has 0 spiro atoms. The number of ether oxygens (including phenoxy) is 1. The van der Waals surface area contributed by atoms with Crippen molar-refractivity contribution in [3.8, 4) is 5.75 Å². The van der Waals surface area contributed by atoms with E-state index in [1.165, 1.54) is 6.42 Å². The number of hydrogen-bond acceptors (Lipinski definition) is 4. The van der Waals surface area contributed by atoms with Crippen LogP contribution >= 0.6 is 0 Å². The molecular weight excluding hydrogens is 326 g/mol. The number of pyridine rings is 1. The number of para-hydroxylation sites is 2. The summed E-state index contributed by atoms with van der Waals surface area (Å²) in [7, 11) is 0. The molecule has 0 radical (unpaired) electrons. The van der Waals surface area contributed by atoms with Crippen LogP contribution in [-0.4, -0.2) is 35.0 Å². The maximum Gasteiger partial charge on any atom is 0.255 e. The average molecular weight is 353 g/mol. The van der Waals surface area contributed by atoms with Gasteiger partial charge in [0.2, 0.25) is 0 Å². The highest BCUT2D eigenvalue weighted by atomic mass is 16.5. The lowest BCUT2D eigenvalue weighted by Crippen LogP contribution is -2.43. The summed E-state index contributed by atoms with van der Waals surface area (Å²) in [5.74, 6) is 1.57. The number of rotatable bonds is 6. The van der Waals surface area contributed by atoms with Gasteiger partial charge in [0, 0.05) is 18.8 Å². The van der Waals surface area contributed by atoms with Crippen molar-refractivity contribution in [2.45, 2.75) is 45.6 Å². The van der Waals surface area contributed by atoms with Crippen molar-refractivity contribution in [3.05, 3.63) is 48.2 Å². The van der Waals surface area contributed by atoms with Gasteiger partial charge in [-0.05, 0) is 56.9 Å². The van der Waals surface area contributed by atoms with Gasteiger partial charge in [0.15, 0.2) is 0 Å². The zero-order valence-corrected chi connectivity index (χ0v) is 15.6. The van der Waals surface area contributed by atoms with Crippen LogP contribution in [0.4, 0.5) is 11.5 Å². The number of benzene rings is 1. The number of aromatic nitrogens is 1. The Labute approximate surface area is 155 Å². The Morgan fingerprint density at radius 2 is 2.08 bits per heavy atom. The molecule has 1 atom stereocenters. The van der Waals surface area contributed by atoms with Gasteiger partial charge in [0.05, 0.1) is 17.9 Å². The van der Waals surface area contributed by atoms with Crippen LogP contribution in [-0.2, 0) is 0 Å². The van der Waals surface area contributed by atoms with E-state index in [4.69, 9.17) is 4.74 Å². The molecule has 0 saturated carbocycles. The fourth-order valence-corrected chi connectivity index (χ4v) is 3.44. The number of nitrogens with zero attached hydrogens (tertiary/aromatic N) is 2. The molecule has 1 unspecified atom stereocenters. The standard InChI is InChI=1S/C21H27N3O2/c1-3-17-9-7-8-14-24(17)21(25)16-12-13-20(22-15-16)23-18-10-5-6-11-19(18)26-4-2/h5-6,10-13,15,17H,3-4,7-9,14H2,1-2H3,(H,22,23). The second kappa shape index (κ2) is 8.70. The van der Waals surface area contributed by atoms with Gasteiger partial charge in [-0.15, -0.1) is 0 Å². The normalized spacial score (nSPS) is 17.0. The minimum absolute atomic E-state index is 0.0883. The average Bonchev–Trinajstić information content (AvgIpc) is 2.69. The molecule has 1 saturated heterocycles. The fourth-order valence-electron chi connectivity index (χ4n) is 3.44.